The summed E-state index contributed by atoms with van der Waals surface area (Å²) in [6, 6.07) is 1.86. The van der Waals surface area contributed by atoms with E-state index < -0.39 is 0 Å². The number of hydrogen-bond donors (Lipinski definition) is 0. The maximum Gasteiger partial charge on any atom is 0.232 e. The lowest BCUT2D eigenvalue weighted by Gasteiger charge is -2.27. The zero-order valence-corrected chi connectivity index (χ0v) is 9.28. The molecule has 0 saturated carbocycles. The van der Waals surface area contributed by atoms with Crippen LogP contribution in [0.3, 0.4) is 0 Å². The Labute approximate surface area is 97.0 Å². The Balaban J connectivity index is 2.09. The van der Waals surface area contributed by atoms with E-state index in [0.717, 1.165) is 24.3 Å². The quantitative estimate of drug-likeness (QED) is 0.709. The van der Waals surface area contributed by atoms with Crippen LogP contribution in [0.5, 0.6) is 0 Å². The summed E-state index contributed by atoms with van der Waals surface area (Å²) in [5, 5.41) is 1.11. The van der Waals surface area contributed by atoms with Gasteiger partial charge in [0.2, 0.25) is 11.0 Å². The Kier molecular flexibility index (Phi) is 2.41. The summed E-state index contributed by atoms with van der Waals surface area (Å²) in [6.45, 7) is 3.04. The molecule has 0 amide bonds. The van der Waals surface area contributed by atoms with Crippen LogP contribution in [0.4, 0.5) is 5.82 Å². The van der Waals surface area contributed by atoms with Gasteiger partial charge in [0.05, 0.1) is 24.9 Å². The molecule has 0 N–H and O–H groups in total. The maximum absolute atomic E-state index is 5.86. The smallest absolute Gasteiger partial charge is 0.232 e. The molecule has 84 valence electrons. The molecule has 0 spiro atoms. The number of fused-ring (bicyclic) bond motifs is 1. The van der Waals surface area contributed by atoms with Gasteiger partial charge in [-0.25, -0.2) is 0 Å². The predicted octanol–water partition coefficient (Wildman–Crippen LogP) is 1.71. The summed E-state index contributed by atoms with van der Waals surface area (Å²) in [6.07, 6.45) is 1.60. The number of aromatic nitrogens is 2. The van der Waals surface area contributed by atoms with E-state index in [9.17, 15) is 0 Å². The molecule has 2 aromatic heterocycles. The van der Waals surface area contributed by atoms with E-state index in [1.54, 1.807) is 6.26 Å². The van der Waals surface area contributed by atoms with E-state index in [4.69, 9.17) is 20.8 Å². The number of furan rings is 1. The topological polar surface area (TPSA) is 51.4 Å². The van der Waals surface area contributed by atoms with Crippen LogP contribution in [0, 0.1) is 0 Å². The van der Waals surface area contributed by atoms with Crippen LogP contribution in [-0.2, 0) is 4.74 Å². The summed E-state index contributed by atoms with van der Waals surface area (Å²) >= 11 is 5.86. The van der Waals surface area contributed by atoms with E-state index in [1.807, 2.05) is 6.07 Å². The van der Waals surface area contributed by atoms with Crippen molar-refractivity contribution < 1.29 is 9.15 Å². The lowest BCUT2D eigenvalue weighted by Crippen LogP contribution is -2.36. The molecule has 2 aromatic rings. The first-order valence-electron chi connectivity index (χ1n) is 5.08. The van der Waals surface area contributed by atoms with E-state index in [-0.39, 0.29) is 5.28 Å². The van der Waals surface area contributed by atoms with Crippen LogP contribution in [0.15, 0.2) is 16.7 Å². The Bertz CT molecular complexity index is 508. The van der Waals surface area contributed by atoms with Gasteiger partial charge in [-0.3, -0.25) is 0 Å². The second-order valence-corrected chi connectivity index (χ2v) is 3.89. The predicted molar refractivity (Wildman–Crippen MR) is 59.8 cm³/mol. The van der Waals surface area contributed by atoms with Crippen LogP contribution in [0.25, 0.3) is 11.1 Å². The number of hydrogen-bond acceptors (Lipinski definition) is 5. The van der Waals surface area contributed by atoms with Gasteiger partial charge < -0.3 is 14.1 Å². The lowest BCUT2D eigenvalue weighted by atomic mass is 10.3. The average molecular weight is 240 g/mol. The molecule has 0 unspecified atom stereocenters. The van der Waals surface area contributed by atoms with Crippen molar-refractivity contribution in [3.8, 4) is 0 Å². The van der Waals surface area contributed by atoms with Crippen molar-refractivity contribution in [2.75, 3.05) is 31.2 Å². The van der Waals surface area contributed by atoms with E-state index in [2.05, 4.69) is 14.9 Å². The molecular formula is C10H10ClN3O2. The summed E-state index contributed by atoms with van der Waals surface area (Å²) in [7, 11) is 0. The molecule has 5 nitrogen and oxygen atoms in total. The SMILES string of the molecule is Clc1nc(N2CCOCC2)c2ccoc2n1. The fourth-order valence-corrected chi connectivity index (χ4v) is 1.99. The zero-order valence-electron chi connectivity index (χ0n) is 8.52. The van der Waals surface area contributed by atoms with Crippen LogP contribution < -0.4 is 4.90 Å². The van der Waals surface area contributed by atoms with Crippen molar-refractivity contribution >= 4 is 28.5 Å². The van der Waals surface area contributed by atoms with Crippen LogP contribution in [0.2, 0.25) is 5.28 Å². The minimum atomic E-state index is 0.212. The normalized spacial score (nSPS) is 16.9. The Morgan fingerprint density at radius 2 is 2.06 bits per heavy atom. The number of halogens is 1. The van der Waals surface area contributed by atoms with E-state index in [1.165, 1.54) is 0 Å². The number of nitrogens with zero attached hydrogens (tertiary/aromatic N) is 3. The molecule has 0 aromatic carbocycles. The van der Waals surface area contributed by atoms with Gasteiger partial charge in [0, 0.05) is 13.1 Å². The third-order valence-corrected chi connectivity index (χ3v) is 2.76. The van der Waals surface area contributed by atoms with Gasteiger partial charge in [0.15, 0.2) is 0 Å². The summed E-state index contributed by atoms with van der Waals surface area (Å²) in [5.41, 5.74) is 0.529. The van der Waals surface area contributed by atoms with Crippen molar-refractivity contribution in [1.82, 2.24) is 9.97 Å². The molecule has 3 rings (SSSR count). The first-order chi connectivity index (χ1) is 7.84. The first-order valence-corrected chi connectivity index (χ1v) is 5.46. The Hall–Kier alpha value is -1.33. The standard InChI is InChI=1S/C10H10ClN3O2/c11-10-12-8(14-2-5-15-6-3-14)7-1-4-16-9(7)13-10/h1,4H,2-3,5-6H2. The molecule has 1 saturated heterocycles. The highest BCUT2D eigenvalue weighted by Gasteiger charge is 2.17. The van der Waals surface area contributed by atoms with Crippen LogP contribution in [-0.4, -0.2) is 36.3 Å². The highest BCUT2D eigenvalue weighted by Crippen LogP contribution is 2.26. The van der Waals surface area contributed by atoms with Gasteiger partial charge in [-0.15, -0.1) is 0 Å². The maximum atomic E-state index is 5.86. The molecule has 0 aliphatic carbocycles. The molecular weight excluding hydrogens is 230 g/mol. The van der Waals surface area contributed by atoms with Crippen LogP contribution >= 0.6 is 11.6 Å². The van der Waals surface area contributed by atoms with Gasteiger partial charge in [-0.2, -0.15) is 9.97 Å². The van der Waals surface area contributed by atoms with Gasteiger partial charge >= 0.3 is 0 Å². The number of rotatable bonds is 1. The molecule has 0 radical (unpaired) electrons. The average Bonchev–Trinajstić information content (AvgIpc) is 2.77. The molecule has 6 heteroatoms. The monoisotopic (exact) mass is 239 g/mol. The Morgan fingerprint density at radius 1 is 1.25 bits per heavy atom. The zero-order chi connectivity index (χ0) is 11.0. The molecule has 1 fully saturated rings. The van der Waals surface area contributed by atoms with Gasteiger partial charge in [0.1, 0.15) is 5.82 Å². The van der Waals surface area contributed by atoms with Crippen LogP contribution in [0.1, 0.15) is 0 Å². The second kappa shape index (κ2) is 3.92. The van der Waals surface area contributed by atoms with Crippen molar-refractivity contribution in [1.29, 1.82) is 0 Å². The molecule has 1 aliphatic rings. The number of morpholine rings is 1. The van der Waals surface area contributed by atoms with Gasteiger partial charge in [0.25, 0.3) is 0 Å². The largest absolute Gasteiger partial charge is 0.446 e. The van der Waals surface area contributed by atoms with Gasteiger partial charge in [-0.05, 0) is 17.7 Å². The van der Waals surface area contributed by atoms with E-state index in [0.29, 0.717) is 18.9 Å². The summed E-state index contributed by atoms with van der Waals surface area (Å²) in [4.78, 5) is 10.4. The summed E-state index contributed by atoms with van der Waals surface area (Å²) in [5.74, 6) is 0.826. The molecule has 16 heavy (non-hydrogen) atoms. The van der Waals surface area contributed by atoms with Crippen molar-refractivity contribution in [3.05, 3.63) is 17.6 Å². The van der Waals surface area contributed by atoms with Crippen molar-refractivity contribution in [2.24, 2.45) is 0 Å². The van der Waals surface area contributed by atoms with Crippen molar-refractivity contribution in [3.63, 3.8) is 0 Å². The third kappa shape index (κ3) is 1.62. The molecule has 0 atom stereocenters. The minimum Gasteiger partial charge on any atom is -0.446 e. The second-order valence-electron chi connectivity index (χ2n) is 3.56. The van der Waals surface area contributed by atoms with E-state index >= 15 is 0 Å². The highest BCUT2D eigenvalue weighted by molar-refractivity contribution is 6.28. The molecule has 1 aliphatic heterocycles. The number of anilines is 1. The fourth-order valence-electron chi connectivity index (χ4n) is 1.83. The molecule has 3 heterocycles. The van der Waals surface area contributed by atoms with Crippen molar-refractivity contribution in [2.45, 2.75) is 0 Å². The molecule has 0 bridgehead atoms. The van der Waals surface area contributed by atoms with Gasteiger partial charge in [-0.1, -0.05) is 0 Å². The Morgan fingerprint density at radius 3 is 2.88 bits per heavy atom. The summed E-state index contributed by atoms with van der Waals surface area (Å²) < 4.78 is 10.5. The first kappa shape index (κ1) is 9.86. The minimum absolute atomic E-state index is 0.212. The third-order valence-electron chi connectivity index (χ3n) is 2.59. The highest BCUT2D eigenvalue weighted by atomic mass is 35.5. The number of ether oxygens (including phenoxy) is 1. The fraction of sp³-hybridized carbons (Fsp3) is 0.400. The lowest BCUT2D eigenvalue weighted by molar-refractivity contribution is 0.122.